The summed E-state index contributed by atoms with van der Waals surface area (Å²) in [5.74, 6) is -0.0683. The molecular weight excluding hydrogens is 381 g/mol. The summed E-state index contributed by atoms with van der Waals surface area (Å²) in [5, 5.41) is 1.19. The van der Waals surface area contributed by atoms with Gasteiger partial charge in [-0.05, 0) is 11.6 Å². The van der Waals surface area contributed by atoms with Gasteiger partial charge >= 0.3 is 0 Å². The summed E-state index contributed by atoms with van der Waals surface area (Å²) < 4.78 is 28.4. The molecule has 3 aromatic heterocycles. The maximum Gasteiger partial charge on any atom is 0.282 e. The Balaban J connectivity index is 2.08. The number of hydrogen-bond donors (Lipinski definition) is 1. The molecule has 0 fully saturated rings. The van der Waals surface area contributed by atoms with E-state index in [-0.39, 0.29) is 26.4 Å². The fourth-order valence-electron chi connectivity index (χ4n) is 1.61. The summed E-state index contributed by atoms with van der Waals surface area (Å²) >= 11 is 18.5. The van der Waals surface area contributed by atoms with Crippen molar-refractivity contribution in [3.05, 3.63) is 33.2 Å². The normalized spacial score (nSPS) is 12.0. The molecule has 0 aliphatic heterocycles. The number of sulfonamides is 1. The molecule has 110 valence electrons. The molecule has 3 rings (SSSR count). The second-order valence-electron chi connectivity index (χ2n) is 3.71. The molecule has 0 aromatic carbocycles. The third-order valence-corrected chi connectivity index (χ3v) is 5.21. The molecule has 0 saturated carbocycles. The maximum absolute atomic E-state index is 12.4. The van der Waals surface area contributed by atoms with Gasteiger partial charge in [0, 0.05) is 17.6 Å². The molecule has 0 unspecified atom stereocenters. The Kier molecular flexibility index (Phi) is 3.70. The van der Waals surface area contributed by atoms with Gasteiger partial charge in [0.15, 0.2) is 15.1 Å². The Morgan fingerprint density at radius 2 is 1.95 bits per heavy atom. The Bertz CT molecular complexity index is 916. The molecule has 0 aliphatic carbocycles. The van der Waals surface area contributed by atoms with Gasteiger partial charge in [-0.25, -0.2) is 9.97 Å². The van der Waals surface area contributed by atoms with Crippen LogP contribution < -0.4 is 4.72 Å². The average Bonchev–Trinajstić information content (AvgIpc) is 2.85. The Labute approximate surface area is 137 Å². The zero-order valence-corrected chi connectivity index (χ0v) is 13.7. The van der Waals surface area contributed by atoms with Crippen LogP contribution in [-0.4, -0.2) is 27.8 Å². The van der Waals surface area contributed by atoms with Crippen molar-refractivity contribution in [2.75, 3.05) is 4.72 Å². The van der Waals surface area contributed by atoms with Gasteiger partial charge in [-0.15, -0.1) is 11.3 Å². The summed E-state index contributed by atoms with van der Waals surface area (Å²) in [6.45, 7) is 0. The van der Waals surface area contributed by atoms with Gasteiger partial charge in [-0.3, -0.25) is 9.12 Å². The van der Waals surface area contributed by atoms with Crippen LogP contribution in [0.4, 0.5) is 5.82 Å². The minimum Gasteiger partial charge on any atom is -0.278 e. The number of thiazole rings is 1. The van der Waals surface area contributed by atoms with E-state index in [1.165, 1.54) is 21.8 Å². The van der Waals surface area contributed by atoms with Crippen LogP contribution in [-0.2, 0) is 10.0 Å². The SMILES string of the molecule is O=S(=O)(Nc1cc(Cl)nc(Cl)n1)c1c(Cl)nc2sccn12. The summed E-state index contributed by atoms with van der Waals surface area (Å²) in [4.78, 5) is 11.8. The fourth-order valence-corrected chi connectivity index (χ4v) is 4.46. The first-order valence-corrected chi connectivity index (χ1v) is 8.70. The highest BCUT2D eigenvalue weighted by molar-refractivity contribution is 7.92. The van der Waals surface area contributed by atoms with Crippen molar-refractivity contribution >= 4 is 66.9 Å². The first kappa shape index (κ1) is 14.8. The maximum atomic E-state index is 12.4. The minimum atomic E-state index is -4.01. The van der Waals surface area contributed by atoms with E-state index in [1.54, 1.807) is 11.6 Å². The highest BCUT2D eigenvalue weighted by Crippen LogP contribution is 2.27. The van der Waals surface area contributed by atoms with E-state index in [2.05, 4.69) is 19.7 Å². The zero-order chi connectivity index (χ0) is 15.2. The second-order valence-corrected chi connectivity index (χ2v) is 7.27. The van der Waals surface area contributed by atoms with Crippen LogP contribution in [0.15, 0.2) is 22.7 Å². The number of rotatable bonds is 3. The molecule has 3 heterocycles. The largest absolute Gasteiger partial charge is 0.282 e. The third kappa shape index (κ3) is 2.79. The monoisotopic (exact) mass is 383 g/mol. The zero-order valence-electron chi connectivity index (χ0n) is 9.79. The van der Waals surface area contributed by atoms with E-state index in [9.17, 15) is 8.42 Å². The van der Waals surface area contributed by atoms with E-state index in [0.717, 1.165) is 0 Å². The molecule has 21 heavy (non-hydrogen) atoms. The van der Waals surface area contributed by atoms with E-state index >= 15 is 0 Å². The van der Waals surface area contributed by atoms with Gasteiger partial charge in [-0.1, -0.05) is 23.2 Å². The van der Waals surface area contributed by atoms with Crippen LogP contribution in [0.1, 0.15) is 0 Å². The van der Waals surface area contributed by atoms with Crippen LogP contribution in [0.3, 0.4) is 0 Å². The predicted molar refractivity (Wildman–Crippen MR) is 80.9 cm³/mol. The first-order chi connectivity index (χ1) is 9.87. The van der Waals surface area contributed by atoms with E-state index < -0.39 is 10.0 Å². The number of fused-ring (bicyclic) bond motifs is 1. The standard InChI is InChI=1S/C9H4Cl3N5O2S2/c10-4-3-5(14-8(12)13-4)16-21(18,19)7-6(11)15-9-17(7)1-2-20-9/h1-3H,(H,13,14,16). The van der Waals surface area contributed by atoms with E-state index in [4.69, 9.17) is 34.8 Å². The second kappa shape index (κ2) is 5.25. The molecule has 0 amide bonds. The first-order valence-electron chi connectivity index (χ1n) is 5.21. The molecule has 3 aromatic rings. The van der Waals surface area contributed by atoms with Gasteiger partial charge in [0.2, 0.25) is 5.28 Å². The lowest BCUT2D eigenvalue weighted by atomic mass is 10.6. The molecule has 0 atom stereocenters. The molecule has 12 heteroatoms. The lowest BCUT2D eigenvalue weighted by molar-refractivity contribution is 0.596. The van der Waals surface area contributed by atoms with Gasteiger partial charge in [-0.2, -0.15) is 13.4 Å². The molecule has 7 nitrogen and oxygen atoms in total. The average molecular weight is 385 g/mol. The van der Waals surface area contributed by atoms with Crippen molar-refractivity contribution in [1.29, 1.82) is 0 Å². The Hall–Kier alpha value is -1.13. The highest BCUT2D eigenvalue weighted by atomic mass is 35.5. The molecule has 1 N–H and O–H groups in total. The van der Waals surface area contributed by atoms with Crippen LogP contribution >= 0.6 is 46.1 Å². The number of imidazole rings is 1. The van der Waals surface area contributed by atoms with Gasteiger partial charge in [0.25, 0.3) is 10.0 Å². The summed E-state index contributed by atoms with van der Waals surface area (Å²) in [7, 11) is -4.01. The van der Waals surface area contributed by atoms with Gasteiger partial charge < -0.3 is 0 Å². The smallest absolute Gasteiger partial charge is 0.278 e. The number of aromatic nitrogens is 4. The third-order valence-electron chi connectivity index (χ3n) is 2.34. The molecule has 0 bridgehead atoms. The number of anilines is 1. The molecule has 0 spiro atoms. The van der Waals surface area contributed by atoms with E-state index in [1.807, 2.05) is 0 Å². The lowest BCUT2D eigenvalue weighted by Gasteiger charge is -2.07. The van der Waals surface area contributed by atoms with Crippen molar-refractivity contribution in [1.82, 2.24) is 19.4 Å². The highest BCUT2D eigenvalue weighted by Gasteiger charge is 2.25. The predicted octanol–water partition coefficient (Wildman–Crippen LogP) is 2.95. The van der Waals surface area contributed by atoms with Crippen molar-refractivity contribution in [2.24, 2.45) is 0 Å². The van der Waals surface area contributed by atoms with Crippen LogP contribution in [0, 0.1) is 0 Å². The van der Waals surface area contributed by atoms with Crippen molar-refractivity contribution in [3.63, 3.8) is 0 Å². The fraction of sp³-hybridized carbons (Fsp3) is 0. The van der Waals surface area contributed by atoms with E-state index in [0.29, 0.717) is 4.96 Å². The summed E-state index contributed by atoms with van der Waals surface area (Å²) in [6.07, 6.45) is 1.55. The number of nitrogens with one attached hydrogen (secondary N) is 1. The number of nitrogens with zero attached hydrogens (tertiary/aromatic N) is 4. The number of halogens is 3. The van der Waals surface area contributed by atoms with Crippen LogP contribution in [0.25, 0.3) is 4.96 Å². The molecule has 0 aliphatic rings. The Morgan fingerprint density at radius 1 is 1.19 bits per heavy atom. The van der Waals surface area contributed by atoms with Crippen molar-refractivity contribution in [3.8, 4) is 0 Å². The lowest BCUT2D eigenvalue weighted by Crippen LogP contribution is -2.16. The minimum absolute atomic E-state index is 0.00719. The molecule has 0 radical (unpaired) electrons. The molecular formula is C9H4Cl3N5O2S2. The van der Waals surface area contributed by atoms with Gasteiger partial charge in [0.1, 0.15) is 11.0 Å². The van der Waals surface area contributed by atoms with Crippen LogP contribution in [0.2, 0.25) is 15.6 Å². The summed E-state index contributed by atoms with van der Waals surface area (Å²) in [5.41, 5.74) is 0. The number of hydrogen-bond acceptors (Lipinski definition) is 6. The Morgan fingerprint density at radius 3 is 2.67 bits per heavy atom. The van der Waals surface area contributed by atoms with Gasteiger partial charge in [0.05, 0.1) is 0 Å². The summed E-state index contributed by atoms with van der Waals surface area (Å²) in [6, 6.07) is 1.23. The quantitative estimate of drug-likeness (QED) is 0.554. The molecule has 0 saturated heterocycles. The van der Waals surface area contributed by atoms with Crippen molar-refractivity contribution < 1.29 is 8.42 Å². The van der Waals surface area contributed by atoms with Crippen molar-refractivity contribution in [2.45, 2.75) is 5.03 Å². The topological polar surface area (TPSA) is 89.2 Å². The van der Waals surface area contributed by atoms with Crippen LogP contribution in [0.5, 0.6) is 0 Å².